The number of carbonyl (C=O) groups excluding carboxylic acids is 1. The van der Waals surface area contributed by atoms with Gasteiger partial charge in [-0.25, -0.2) is 4.79 Å². The van der Waals surface area contributed by atoms with E-state index in [2.05, 4.69) is 17.4 Å². The summed E-state index contributed by atoms with van der Waals surface area (Å²) in [7, 11) is 1.59. The van der Waals surface area contributed by atoms with Crippen molar-refractivity contribution in [2.75, 3.05) is 25.6 Å². The van der Waals surface area contributed by atoms with Gasteiger partial charge in [0.05, 0.1) is 18.8 Å². The standard InChI is InChI=1S/C20H24N2O3/c1-25-19-10-5-4-9-17(19)21-20(24)22(13-6-14-23)18-12-11-15-7-2-3-8-16(15)18/h2-5,7-10,18,23H,6,11-14H2,1H3,(H,21,24)/t18-/m1/s1. The average Bonchev–Trinajstić information content (AvgIpc) is 3.06. The van der Waals surface area contributed by atoms with E-state index in [4.69, 9.17) is 4.74 Å². The Balaban J connectivity index is 1.82. The molecular weight excluding hydrogens is 316 g/mol. The number of urea groups is 1. The molecule has 25 heavy (non-hydrogen) atoms. The lowest BCUT2D eigenvalue weighted by atomic mass is 10.1. The fraction of sp³-hybridized carbons (Fsp3) is 0.350. The number of amides is 2. The molecule has 0 saturated carbocycles. The molecule has 0 aliphatic heterocycles. The zero-order valence-corrected chi connectivity index (χ0v) is 14.4. The quantitative estimate of drug-likeness (QED) is 0.844. The number of nitrogens with one attached hydrogen (secondary N) is 1. The minimum atomic E-state index is -0.167. The van der Waals surface area contributed by atoms with Crippen LogP contribution in [0.15, 0.2) is 48.5 Å². The highest BCUT2D eigenvalue weighted by Crippen LogP contribution is 2.36. The van der Waals surface area contributed by atoms with Crippen LogP contribution in [0.2, 0.25) is 0 Å². The number of methoxy groups -OCH3 is 1. The molecule has 5 heteroatoms. The molecule has 2 aromatic rings. The Hall–Kier alpha value is -2.53. The molecule has 0 heterocycles. The molecule has 1 aliphatic carbocycles. The van der Waals surface area contributed by atoms with E-state index in [0.29, 0.717) is 24.4 Å². The van der Waals surface area contributed by atoms with E-state index >= 15 is 0 Å². The van der Waals surface area contributed by atoms with Crippen LogP contribution in [-0.4, -0.2) is 36.3 Å². The molecule has 0 saturated heterocycles. The summed E-state index contributed by atoms with van der Waals surface area (Å²) < 4.78 is 5.32. The van der Waals surface area contributed by atoms with Gasteiger partial charge in [-0.1, -0.05) is 36.4 Å². The summed E-state index contributed by atoms with van der Waals surface area (Å²) in [5.74, 6) is 0.629. The summed E-state index contributed by atoms with van der Waals surface area (Å²) in [4.78, 5) is 14.8. The van der Waals surface area contributed by atoms with Gasteiger partial charge in [-0.15, -0.1) is 0 Å². The summed E-state index contributed by atoms with van der Waals surface area (Å²) in [6.45, 7) is 0.573. The average molecular weight is 340 g/mol. The Morgan fingerprint density at radius 1 is 1.24 bits per heavy atom. The first kappa shape index (κ1) is 17.3. The SMILES string of the molecule is COc1ccccc1NC(=O)N(CCCO)[C@@H]1CCc2ccccc21. The second kappa shape index (κ2) is 8.03. The van der Waals surface area contributed by atoms with Crippen LogP contribution in [0.5, 0.6) is 5.75 Å². The minimum absolute atomic E-state index is 0.0393. The van der Waals surface area contributed by atoms with Crippen molar-refractivity contribution in [3.63, 3.8) is 0 Å². The van der Waals surface area contributed by atoms with E-state index in [0.717, 1.165) is 12.8 Å². The lowest BCUT2D eigenvalue weighted by molar-refractivity contribution is 0.177. The largest absolute Gasteiger partial charge is 0.495 e. The van der Waals surface area contributed by atoms with Gasteiger partial charge < -0.3 is 20.1 Å². The van der Waals surface area contributed by atoms with Crippen molar-refractivity contribution in [2.24, 2.45) is 0 Å². The summed E-state index contributed by atoms with van der Waals surface area (Å²) in [6.07, 6.45) is 2.43. The number of nitrogens with zero attached hydrogens (tertiary/aromatic N) is 1. The number of carbonyl (C=O) groups is 1. The minimum Gasteiger partial charge on any atom is -0.495 e. The molecule has 132 valence electrons. The van der Waals surface area contributed by atoms with Crippen LogP contribution in [-0.2, 0) is 6.42 Å². The highest BCUT2D eigenvalue weighted by atomic mass is 16.5. The van der Waals surface area contributed by atoms with E-state index in [9.17, 15) is 9.90 Å². The molecule has 1 aliphatic rings. The van der Waals surface area contributed by atoms with Crippen molar-refractivity contribution < 1.29 is 14.6 Å². The maximum absolute atomic E-state index is 13.0. The number of hydrogen-bond donors (Lipinski definition) is 2. The lowest BCUT2D eigenvalue weighted by Gasteiger charge is -2.30. The maximum Gasteiger partial charge on any atom is 0.322 e. The molecule has 2 amide bonds. The Kier molecular flexibility index (Phi) is 5.56. The number of aryl methyl sites for hydroxylation is 1. The van der Waals surface area contributed by atoms with Crippen LogP contribution in [0.1, 0.15) is 30.0 Å². The first-order chi connectivity index (χ1) is 12.2. The Bertz CT molecular complexity index is 732. The van der Waals surface area contributed by atoms with Crippen molar-refractivity contribution in [3.8, 4) is 5.75 Å². The summed E-state index contributed by atoms with van der Waals surface area (Å²) in [5.41, 5.74) is 3.15. The van der Waals surface area contributed by atoms with Gasteiger partial charge in [0, 0.05) is 13.2 Å². The van der Waals surface area contributed by atoms with E-state index in [1.54, 1.807) is 7.11 Å². The fourth-order valence-corrected chi connectivity index (χ4v) is 3.43. The highest BCUT2D eigenvalue weighted by molar-refractivity contribution is 5.91. The molecule has 2 aromatic carbocycles. The first-order valence-corrected chi connectivity index (χ1v) is 8.64. The highest BCUT2D eigenvalue weighted by Gasteiger charge is 2.30. The second-order valence-electron chi connectivity index (χ2n) is 6.15. The number of aliphatic hydroxyl groups excluding tert-OH is 1. The van der Waals surface area contributed by atoms with Gasteiger partial charge in [0.15, 0.2) is 0 Å². The monoisotopic (exact) mass is 340 g/mol. The number of fused-ring (bicyclic) bond motifs is 1. The summed E-state index contributed by atoms with van der Waals surface area (Å²) >= 11 is 0. The van der Waals surface area contributed by atoms with Crippen LogP contribution in [0, 0.1) is 0 Å². The van der Waals surface area contributed by atoms with Crippen LogP contribution >= 0.6 is 0 Å². The van der Waals surface area contributed by atoms with E-state index in [-0.39, 0.29) is 18.7 Å². The zero-order valence-electron chi connectivity index (χ0n) is 14.4. The maximum atomic E-state index is 13.0. The molecule has 0 radical (unpaired) electrons. The predicted octanol–water partition coefficient (Wildman–Crippen LogP) is 3.60. The van der Waals surface area contributed by atoms with Gasteiger partial charge in [0.2, 0.25) is 0 Å². The molecule has 0 spiro atoms. The third-order valence-corrected chi connectivity index (χ3v) is 4.64. The molecule has 1 atom stereocenters. The zero-order chi connectivity index (χ0) is 17.6. The van der Waals surface area contributed by atoms with Crippen LogP contribution in [0.25, 0.3) is 0 Å². The number of aliphatic hydroxyl groups is 1. The van der Waals surface area contributed by atoms with Gasteiger partial charge in [0.25, 0.3) is 0 Å². The predicted molar refractivity (Wildman–Crippen MR) is 97.9 cm³/mol. The van der Waals surface area contributed by atoms with Gasteiger partial charge in [-0.05, 0) is 42.5 Å². The van der Waals surface area contributed by atoms with E-state index in [1.807, 2.05) is 41.3 Å². The molecular formula is C20H24N2O3. The van der Waals surface area contributed by atoms with Crippen LogP contribution in [0.4, 0.5) is 10.5 Å². The molecule has 0 aromatic heterocycles. The van der Waals surface area contributed by atoms with Gasteiger partial charge in [-0.2, -0.15) is 0 Å². The van der Waals surface area contributed by atoms with E-state index in [1.165, 1.54) is 11.1 Å². The topological polar surface area (TPSA) is 61.8 Å². The Morgan fingerprint density at radius 3 is 2.80 bits per heavy atom. The van der Waals surface area contributed by atoms with Crippen LogP contribution < -0.4 is 10.1 Å². The van der Waals surface area contributed by atoms with Crippen molar-refractivity contribution in [1.82, 2.24) is 4.90 Å². The smallest absolute Gasteiger partial charge is 0.322 e. The summed E-state index contributed by atoms with van der Waals surface area (Å²) in [6, 6.07) is 15.5. The van der Waals surface area contributed by atoms with Crippen molar-refractivity contribution >= 4 is 11.7 Å². The van der Waals surface area contributed by atoms with Crippen molar-refractivity contribution in [3.05, 3.63) is 59.7 Å². The molecule has 3 rings (SSSR count). The molecule has 0 bridgehead atoms. The number of rotatable bonds is 6. The Morgan fingerprint density at radius 2 is 2.00 bits per heavy atom. The Labute approximate surface area is 148 Å². The third-order valence-electron chi connectivity index (χ3n) is 4.64. The fourth-order valence-electron chi connectivity index (χ4n) is 3.43. The molecule has 0 fully saturated rings. The second-order valence-corrected chi connectivity index (χ2v) is 6.15. The van der Waals surface area contributed by atoms with E-state index < -0.39 is 0 Å². The van der Waals surface area contributed by atoms with Gasteiger partial charge in [0.1, 0.15) is 5.75 Å². The third kappa shape index (κ3) is 3.77. The normalized spacial score (nSPS) is 15.5. The van der Waals surface area contributed by atoms with Crippen LogP contribution in [0.3, 0.4) is 0 Å². The number of anilines is 1. The summed E-state index contributed by atoms with van der Waals surface area (Å²) in [5, 5.41) is 12.2. The molecule has 0 unspecified atom stereocenters. The molecule has 5 nitrogen and oxygen atoms in total. The first-order valence-electron chi connectivity index (χ1n) is 8.64. The number of benzene rings is 2. The number of hydrogen-bond acceptors (Lipinski definition) is 3. The lowest BCUT2D eigenvalue weighted by Crippen LogP contribution is -2.38. The molecule has 2 N–H and O–H groups in total. The number of ether oxygens (including phenoxy) is 1. The van der Waals surface area contributed by atoms with Crippen molar-refractivity contribution in [1.29, 1.82) is 0 Å². The number of para-hydroxylation sites is 2. The van der Waals surface area contributed by atoms with Gasteiger partial charge >= 0.3 is 6.03 Å². The van der Waals surface area contributed by atoms with Gasteiger partial charge in [-0.3, -0.25) is 0 Å². The van der Waals surface area contributed by atoms with Crippen molar-refractivity contribution in [2.45, 2.75) is 25.3 Å².